The molecule has 0 saturated heterocycles. The van der Waals surface area contributed by atoms with Crippen LogP contribution in [-0.4, -0.2) is 15.9 Å². The number of benzene rings is 1. The molecule has 0 saturated carbocycles. The van der Waals surface area contributed by atoms with Crippen molar-refractivity contribution >= 4 is 17.3 Å². The summed E-state index contributed by atoms with van der Waals surface area (Å²) in [6, 6.07) is 11.7. The molecule has 1 amide bonds. The predicted octanol–water partition coefficient (Wildman–Crippen LogP) is 4.17. The zero-order valence-corrected chi connectivity index (χ0v) is 14.0. The maximum atomic E-state index is 12.8. The average Bonchev–Trinajstić information content (AvgIpc) is 2.67. The van der Waals surface area contributed by atoms with Gasteiger partial charge in [0, 0.05) is 18.1 Å². The van der Waals surface area contributed by atoms with Crippen LogP contribution in [0.25, 0.3) is 0 Å². The van der Waals surface area contributed by atoms with Crippen LogP contribution in [-0.2, 0) is 12.7 Å². The first kappa shape index (κ1) is 18.4. The molecule has 0 aliphatic rings. The fraction of sp³-hybridized carbons (Fsp3) is 0.105. The molecule has 1 aromatic carbocycles. The minimum atomic E-state index is -4.43. The van der Waals surface area contributed by atoms with Crippen LogP contribution in [0.15, 0.2) is 67.1 Å². The molecule has 0 aliphatic heterocycles. The van der Waals surface area contributed by atoms with E-state index in [1.54, 1.807) is 18.3 Å². The molecular weight excluding hydrogens is 357 g/mol. The van der Waals surface area contributed by atoms with E-state index in [1.165, 1.54) is 30.6 Å². The third-order valence-corrected chi connectivity index (χ3v) is 3.64. The van der Waals surface area contributed by atoms with E-state index in [1.807, 2.05) is 6.07 Å². The van der Waals surface area contributed by atoms with Gasteiger partial charge in [0.05, 0.1) is 35.2 Å². The fourth-order valence-corrected chi connectivity index (χ4v) is 2.35. The van der Waals surface area contributed by atoms with Crippen molar-refractivity contribution in [1.82, 2.24) is 15.3 Å². The molecule has 2 aromatic heterocycles. The number of rotatable bonds is 5. The van der Waals surface area contributed by atoms with Crippen molar-refractivity contribution in [3.05, 3.63) is 83.9 Å². The summed E-state index contributed by atoms with van der Waals surface area (Å²) in [5, 5.41) is 5.55. The number of hydrogen-bond donors (Lipinski definition) is 2. The lowest BCUT2D eigenvalue weighted by Crippen LogP contribution is -2.23. The second-order valence-electron chi connectivity index (χ2n) is 5.67. The number of carbonyl (C=O) groups is 1. The van der Waals surface area contributed by atoms with Crippen molar-refractivity contribution in [2.24, 2.45) is 0 Å². The molecule has 2 heterocycles. The van der Waals surface area contributed by atoms with Crippen LogP contribution in [0, 0.1) is 0 Å². The smallest absolute Gasteiger partial charge is 0.354 e. The quantitative estimate of drug-likeness (QED) is 0.706. The van der Waals surface area contributed by atoms with Crippen LogP contribution in [0.5, 0.6) is 0 Å². The topological polar surface area (TPSA) is 66.9 Å². The summed E-state index contributed by atoms with van der Waals surface area (Å²) in [6.07, 6.45) is 0.00661. The summed E-state index contributed by atoms with van der Waals surface area (Å²) in [6.45, 7) is 0.255. The van der Waals surface area contributed by atoms with Crippen LogP contribution in [0.1, 0.15) is 21.6 Å². The fourth-order valence-electron chi connectivity index (χ4n) is 2.35. The molecule has 3 rings (SSSR count). The van der Waals surface area contributed by atoms with E-state index in [9.17, 15) is 18.0 Å². The van der Waals surface area contributed by atoms with Gasteiger partial charge in [0.15, 0.2) is 0 Å². The van der Waals surface area contributed by atoms with E-state index >= 15 is 0 Å². The molecule has 5 nitrogen and oxygen atoms in total. The lowest BCUT2D eigenvalue weighted by atomic mass is 10.2. The summed E-state index contributed by atoms with van der Waals surface area (Å²) in [5.41, 5.74) is 0.877. The maximum Gasteiger partial charge on any atom is 0.416 e. The summed E-state index contributed by atoms with van der Waals surface area (Å²) in [5.74, 6) is -0.360. The number of carbonyl (C=O) groups excluding carboxylic acids is 1. The van der Waals surface area contributed by atoms with Crippen molar-refractivity contribution in [1.29, 1.82) is 0 Å². The van der Waals surface area contributed by atoms with Gasteiger partial charge in [0.25, 0.3) is 5.91 Å². The van der Waals surface area contributed by atoms with E-state index in [0.29, 0.717) is 11.4 Å². The molecule has 0 aliphatic carbocycles. The third-order valence-electron chi connectivity index (χ3n) is 3.64. The van der Waals surface area contributed by atoms with E-state index < -0.39 is 11.7 Å². The van der Waals surface area contributed by atoms with Crippen LogP contribution in [0.3, 0.4) is 0 Å². The van der Waals surface area contributed by atoms with Crippen LogP contribution >= 0.6 is 0 Å². The largest absolute Gasteiger partial charge is 0.416 e. The first-order valence-electron chi connectivity index (χ1n) is 7.99. The molecule has 0 unspecified atom stereocenters. The van der Waals surface area contributed by atoms with Gasteiger partial charge in [-0.3, -0.25) is 14.8 Å². The highest BCUT2D eigenvalue weighted by atomic mass is 19.4. The molecule has 0 spiro atoms. The molecule has 0 fully saturated rings. The Kier molecular flexibility index (Phi) is 5.35. The summed E-state index contributed by atoms with van der Waals surface area (Å²) in [7, 11) is 0. The number of nitrogens with one attached hydrogen (secondary N) is 2. The molecule has 27 heavy (non-hydrogen) atoms. The van der Waals surface area contributed by atoms with Crippen molar-refractivity contribution < 1.29 is 18.0 Å². The van der Waals surface area contributed by atoms with Gasteiger partial charge in [0.2, 0.25) is 0 Å². The Labute approximate surface area is 153 Å². The summed E-state index contributed by atoms with van der Waals surface area (Å²) < 4.78 is 38.4. The number of nitrogens with zero attached hydrogens (tertiary/aromatic N) is 2. The number of halogens is 3. The summed E-state index contributed by atoms with van der Waals surface area (Å²) in [4.78, 5) is 20.3. The second-order valence-corrected chi connectivity index (χ2v) is 5.67. The molecule has 3 aromatic rings. The summed E-state index contributed by atoms with van der Waals surface area (Å²) >= 11 is 0. The standard InChI is InChI=1S/C19H15F3N4O/c20-19(21,22)14-4-3-6-15(9-14)26-17-8-13(10-23-11-17)18(27)25-12-16-5-1-2-7-24-16/h1-11,26H,12H2,(H,25,27). The van der Waals surface area contributed by atoms with Gasteiger partial charge in [-0.05, 0) is 36.4 Å². The normalized spacial score (nSPS) is 11.1. The zero-order chi connectivity index (χ0) is 19.3. The van der Waals surface area contributed by atoms with Crippen molar-refractivity contribution in [3.8, 4) is 0 Å². The van der Waals surface area contributed by atoms with Gasteiger partial charge in [-0.25, -0.2) is 0 Å². The van der Waals surface area contributed by atoms with Gasteiger partial charge in [-0.2, -0.15) is 13.2 Å². The highest BCUT2D eigenvalue weighted by molar-refractivity contribution is 5.94. The van der Waals surface area contributed by atoms with E-state index in [0.717, 1.165) is 12.1 Å². The number of hydrogen-bond acceptors (Lipinski definition) is 4. The van der Waals surface area contributed by atoms with Crippen molar-refractivity contribution in [2.75, 3.05) is 5.32 Å². The minimum absolute atomic E-state index is 0.248. The molecule has 138 valence electrons. The number of alkyl halides is 3. The highest BCUT2D eigenvalue weighted by Crippen LogP contribution is 2.31. The van der Waals surface area contributed by atoms with Gasteiger partial charge < -0.3 is 10.6 Å². The third kappa shape index (κ3) is 5.04. The Hall–Kier alpha value is -3.42. The Bertz CT molecular complexity index is 929. The van der Waals surface area contributed by atoms with Crippen LogP contribution in [0.2, 0.25) is 0 Å². The van der Waals surface area contributed by atoms with Gasteiger partial charge in [-0.1, -0.05) is 12.1 Å². The van der Waals surface area contributed by atoms with Crippen LogP contribution < -0.4 is 10.6 Å². The Morgan fingerprint density at radius 3 is 2.59 bits per heavy atom. The SMILES string of the molecule is O=C(NCc1ccccn1)c1cncc(Nc2cccc(C(F)(F)F)c2)c1. The van der Waals surface area contributed by atoms with Crippen LogP contribution in [0.4, 0.5) is 24.5 Å². The Balaban J connectivity index is 1.69. The number of aromatic nitrogens is 2. The minimum Gasteiger partial charge on any atom is -0.354 e. The lowest BCUT2D eigenvalue weighted by molar-refractivity contribution is -0.137. The highest BCUT2D eigenvalue weighted by Gasteiger charge is 2.30. The second kappa shape index (κ2) is 7.86. The van der Waals surface area contributed by atoms with Crippen molar-refractivity contribution in [3.63, 3.8) is 0 Å². The predicted molar refractivity (Wildman–Crippen MR) is 94.4 cm³/mol. The average molecular weight is 372 g/mol. The van der Waals surface area contributed by atoms with E-state index in [2.05, 4.69) is 20.6 Å². The number of pyridine rings is 2. The first-order chi connectivity index (χ1) is 12.9. The van der Waals surface area contributed by atoms with Crippen molar-refractivity contribution in [2.45, 2.75) is 12.7 Å². The molecule has 2 N–H and O–H groups in total. The van der Waals surface area contributed by atoms with Gasteiger partial charge in [-0.15, -0.1) is 0 Å². The maximum absolute atomic E-state index is 12.8. The monoisotopic (exact) mass is 372 g/mol. The molecular formula is C19H15F3N4O. The van der Waals surface area contributed by atoms with E-state index in [4.69, 9.17) is 0 Å². The lowest BCUT2D eigenvalue weighted by Gasteiger charge is -2.11. The number of anilines is 2. The first-order valence-corrected chi connectivity index (χ1v) is 7.99. The number of amides is 1. The molecule has 0 radical (unpaired) electrons. The molecule has 0 bridgehead atoms. The van der Waals surface area contributed by atoms with Gasteiger partial charge >= 0.3 is 6.18 Å². The van der Waals surface area contributed by atoms with E-state index in [-0.39, 0.29) is 23.7 Å². The molecule has 0 atom stereocenters. The molecule has 8 heteroatoms. The Morgan fingerprint density at radius 2 is 1.85 bits per heavy atom. The zero-order valence-electron chi connectivity index (χ0n) is 14.0. The Morgan fingerprint density at radius 1 is 1.00 bits per heavy atom. The van der Waals surface area contributed by atoms with Gasteiger partial charge in [0.1, 0.15) is 0 Å².